The van der Waals surface area contributed by atoms with E-state index in [9.17, 15) is 22.4 Å². The van der Waals surface area contributed by atoms with Gasteiger partial charge in [-0.05, 0) is 17.7 Å². The predicted octanol–water partition coefficient (Wildman–Crippen LogP) is 3.62. The summed E-state index contributed by atoms with van der Waals surface area (Å²) in [6.45, 7) is 2.00. The number of nitrogens with zero attached hydrogens (tertiary/aromatic N) is 2. The van der Waals surface area contributed by atoms with Gasteiger partial charge in [-0.15, -0.1) is 0 Å². The Labute approximate surface area is 164 Å². The maximum atomic E-state index is 13.6. The second-order valence-electron chi connectivity index (χ2n) is 6.37. The van der Waals surface area contributed by atoms with E-state index in [1.165, 1.54) is 4.90 Å². The lowest BCUT2D eigenvalue weighted by molar-refractivity contribution is -0.135. The third-order valence-corrected chi connectivity index (χ3v) is 4.71. The summed E-state index contributed by atoms with van der Waals surface area (Å²) < 4.78 is 58.2. The Balaban J connectivity index is 1.51. The lowest BCUT2D eigenvalue weighted by Gasteiger charge is -2.34. The zero-order valence-electron chi connectivity index (χ0n) is 14.7. The Hall–Kier alpha value is -2.32. The van der Waals surface area contributed by atoms with Crippen LogP contribution in [0.2, 0.25) is 5.02 Å². The number of carbonyl (C=O) groups is 1. The molecule has 4 nitrogen and oxygen atoms in total. The van der Waals surface area contributed by atoms with Crippen LogP contribution >= 0.6 is 11.6 Å². The molecule has 2 aromatic rings. The van der Waals surface area contributed by atoms with E-state index in [0.29, 0.717) is 37.7 Å². The van der Waals surface area contributed by atoms with Crippen LogP contribution in [0.4, 0.5) is 17.6 Å². The molecule has 0 spiro atoms. The quantitative estimate of drug-likeness (QED) is 0.551. The minimum absolute atomic E-state index is 0.0826. The van der Waals surface area contributed by atoms with Crippen molar-refractivity contribution in [3.8, 4) is 5.75 Å². The zero-order valence-corrected chi connectivity index (χ0v) is 15.5. The Morgan fingerprint density at radius 2 is 1.54 bits per heavy atom. The summed E-state index contributed by atoms with van der Waals surface area (Å²) in [5.41, 5.74) is 1.09. The van der Waals surface area contributed by atoms with Gasteiger partial charge in [-0.2, -0.15) is 8.78 Å². The van der Waals surface area contributed by atoms with Crippen LogP contribution in [0.15, 0.2) is 30.3 Å². The van der Waals surface area contributed by atoms with Gasteiger partial charge in [-0.1, -0.05) is 23.7 Å². The van der Waals surface area contributed by atoms with Gasteiger partial charge in [0.1, 0.15) is 0 Å². The van der Waals surface area contributed by atoms with Gasteiger partial charge in [0.25, 0.3) is 5.91 Å². The molecule has 3 rings (SSSR count). The van der Waals surface area contributed by atoms with Crippen molar-refractivity contribution in [3.05, 3.63) is 64.2 Å². The van der Waals surface area contributed by atoms with Crippen LogP contribution in [0.3, 0.4) is 0 Å². The summed E-state index contributed by atoms with van der Waals surface area (Å²) in [4.78, 5) is 15.8. The Morgan fingerprint density at radius 3 is 2.11 bits per heavy atom. The van der Waals surface area contributed by atoms with E-state index < -0.39 is 41.5 Å². The lowest BCUT2D eigenvalue weighted by atomic mass is 10.2. The van der Waals surface area contributed by atoms with Gasteiger partial charge in [-0.25, -0.2) is 8.78 Å². The molecule has 28 heavy (non-hydrogen) atoms. The number of hydrogen-bond donors (Lipinski definition) is 0. The number of rotatable bonds is 5. The van der Waals surface area contributed by atoms with Crippen LogP contribution in [-0.2, 0) is 11.3 Å². The van der Waals surface area contributed by atoms with E-state index in [0.717, 1.165) is 5.56 Å². The van der Waals surface area contributed by atoms with Crippen LogP contribution in [-0.4, -0.2) is 48.5 Å². The molecule has 9 heteroatoms. The fourth-order valence-electron chi connectivity index (χ4n) is 2.91. The van der Waals surface area contributed by atoms with Crippen molar-refractivity contribution in [2.24, 2.45) is 0 Å². The predicted molar refractivity (Wildman–Crippen MR) is 95.1 cm³/mol. The second kappa shape index (κ2) is 8.79. The number of hydrogen-bond acceptors (Lipinski definition) is 3. The summed E-state index contributed by atoms with van der Waals surface area (Å²) in [5, 5.41) is 0.658. The first-order chi connectivity index (χ1) is 13.3. The van der Waals surface area contributed by atoms with Crippen molar-refractivity contribution in [1.82, 2.24) is 9.80 Å². The fraction of sp³-hybridized carbons (Fsp3) is 0.316. The highest BCUT2D eigenvalue weighted by atomic mass is 35.5. The first kappa shape index (κ1) is 20.4. The molecule has 1 heterocycles. The standard InChI is InChI=1S/C19H17ClF4N2O2/c20-13-3-1-12(2-4-13)10-25-5-7-26(8-6-25)16(27)11-28-19-17(23)14(21)9-15(22)18(19)24/h1-4,9H,5-8,10-11H2. The maximum Gasteiger partial charge on any atom is 0.260 e. The second-order valence-corrected chi connectivity index (χ2v) is 6.81. The third-order valence-electron chi connectivity index (χ3n) is 4.46. The molecular weight excluding hydrogens is 400 g/mol. The summed E-state index contributed by atoms with van der Waals surface area (Å²) in [5.74, 6) is -8.25. The number of ether oxygens (including phenoxy) is 1. The van der Waals surface area contributed by atoms with E-state index in [4.69, 9.17) is 16.3 Å². The van der Waals surface area contributed by atoms with Gasteiger partial charge in [0.2, 0.25) is 11.6 Å². The number of carbonyl (C=O) groups excluding carboxylic acids is 1. The molecule has 0 radical (unpaired) electrons. The molecule has 0 atom stereocenters. The summed E-state index contributed by atoms with van der Waals surface area (Å²) >= 11 is 5.86. The smallest absolute Gasteiger partial charge is 0.260 e. The number of piperazine rings is 1. The molecule has 1 saturated heterocycles. The van der Waals surface area contributed by atoms with Gasteiger partial charge in [0.15, 0.2) is 24.0 Å². The Kier molecular flexibility index (Phi) is 6.41. The molecule has 0 N–H and O–H groups in total. The van der Waals surface area contributed by atoms with E-state index in [2.05, 4.69) is 4.90 Å². The van der Waals surface area contributed by atoms with Crippen LogP contribution in [0.5, 0.6) is 5.75 Å². The molecule has 1 aliphatic heterocycles. The molecule has 150 valence electrons. The largest absolute Gasteiger partial charge is 0.477 e. The van der Waals surface area contributed by atoms with Crippen LogP contribution in [0.25, 0.3) is 0 Å². The first-order valence-electron chi connectivity index (χ1n) is 8.55. The molecule has 0 aliphatic carbocycles. The van der Waals surface area contributed by atoms with Gasteiger partial charge >= 0.3 is 0 Å². The fourth-order valence-corrected chi connectivity index (χ4v) is 3.03. The highest BCUT2D eigenvalue weighted by Gasteiger charge is 2.24. The molecule has 1 amide bonds. The minimum Gasteiger partial charge on any atom is -0.477 e. The molecule has 1 fully saturated rings. The number of halogens is 5. The third kappa shape index (κ3) is 4.74. The minimum atomic E-state index is -1.67. The molecule has 0 aromatic heterocycles. The monoisotopic (exact) mass is 416 g/mol. The summed E-state index contributed by atoms with van der Waals surface area (Å²) in [6.07, 6.45) is 0. The van der Waals surface area contributed by atoms with Crippen molar-refractivity contribution in [1.29, 1.82) is 0 Å². The van der Waals surface area contributed by atoms with Crippen LogP contribution < -0.4 is 4.74 Å². The van der Waals surface area contributed by atoms with Crippen molar-refractivity contribution >= 4 is 17.5 Å². The molecule has 1 aliphatic rings. The van der Waals surface area contributed by atoms with E-state index >= 15 is 0 Å². The highest BCUT2D eigenvalue weighted by Crippen LogP contribution is 2.26. The maximum absolute atomic E-state index is 13.6. The molecule has 0 bridgehead atoms. The Bertz CT molecular complexity index is 830. The molecule has 0 saturated carbocycles. The average molecular weight is 417 g/mol. The van der Waals surface area contributed by atoms with Crippen molar-refractivity contribution in [3.63, 3.8) is 0 Å². The highest BCUT2D eigenvalue weighted by molar-refractivity contribution is 6.30. The van der Waals surface area contributed by atoms with Crippen molar-refractivity contribution < 1.29 is 27.1 Å². The summed E-state index contributed by atoms with van der Waals surface area (Å²) in [7, 11) is 0. The van der Waals surface area contributed by atoms with Gasteiger partial charge < -0.3 is 9.64 Å². The normalized spacial score (nSPS) is 15.0. The lowest BCUT2D eigenvalue weighted by Crippen LogP contribution is -2.49. The van der Waals surface area contributed by atoms with Crippen molar-refractivity contribution in [2.45, 2.75) is 6.54 Å². The average Bonchev–Trinajstić information content (AvgIpc) is 2.68. The Morgan fingerprint density at radius 1 is 0.964 bits per heavy atom. The van der Waals surface area contributed by atoms with E-state index in [1.54, 1.807) is 0 Å². The molecule has 2 aromatic carbocycles. The van der Waals surface area contributed by atoms with Crippen LogP contribution in [0.1, 0.15) is 5.56 Å². The topological polar surface area (TPSA) is 32.8 Å². The van der Waals surface area contributed by atoms with Crippen LogP contribution in [0, 0.1) is 23.3 Å². The summed E-state index contributed by atoms with van der Waals surface area (Å²) in [6, 6.07) is 7.55. The van der Waals surface area contributed by atoms with Gasteiger partial charge in [-0.3, -0.25) is 9.69 Å². The first-order valence-corrected chi connectivity index (χ1v) is 8.93. The molecule has 0 unspecified atom stereocenters. The zero-order chi connectivity index (χ0) is 20.3. The van der Waals surface area contributed by atoms with E-state index in [1.807, 2.05) is 24.3 Å². The number of benzene rings is 2. The SMILES string of the molecule is O=C(COc1c(F)c(F)cc(F)c1F)N1CCN(Cc2ccc(Cl)cc2)CC1. The molecular formula is C19H17ClF4N2O2. The number of amides is 1. The van der Waals surface area contributed by atoms with Gasteiger partial charge in [0.05, 0.1) is 0 Å². The van der Waals surface area contributed by atoms with E-state index in [-0.39, 0.29) is 6.07 Å². The van der Waals surface area contributed by atoms with Crippen molar-refractivity contribution in [2.75, 3.05) is 32.8 Å². The van der Waals surface area contributed by atoms with Gasteiger partial charge in [0, 0.05) is 43.8 Å².